The van der Waals surface area contributed by atoms with Crippen molar-refractivity contribution in [2.24, 2.45) is 0 Å². The van der Waals surface area contributed by atoms with Gasteiger partial charge in [0.05, 0.1) is 0 Å². The van der Waals surface area contributed by atoms with Gasteiger partial charge in [0, 0.05) is 38.4 Å². The van der Waals surface area contributed by atoms with E-state index in [0.29, 0.717) is 25.9 Å². The highest BCUT2D eigenvalue weighted by molar-refractivity contribution is 5.79. The molecule has 0 spiro atoms. The van der Waals surface area contributed by atoms with Gasteiger partial charge in [-0.1, -0.05) is 109 Å². The van der Waals surface area contributed by atoms with Crippen LogP contribution in [0.4, 0.5) is 0 Å². The number of carbonyl (C=O) groups is 2. The first-order chi connectivity index (χ1) is 18.2. The summed E-state index contributed by atoms with van der Waals surface area (Å²) in [6.45, 7) is 1.98. The Kier molecular flexibility index (Phi) is 7.75. The molecule has 186 valence electrons. The first-order valence-electron chi connectivity index (χ1n) is 13.0. The lowest BCUT2D eigenvalue weighted by Crippen LogP contribution is -2.25. The smallest absolute Gasteiger partial charge is 0.222 e. The van der Waals surface area contributed by atoms with E-state index in [9.17, 15) is 9.59 Å². The molecule has 1 saturated heterocycles. The van der Waals surface area contributed by atoms with Crippen molar-refractivity contribution in [3.05, 3.63) is 131 Å². The number of rotatable bonds is 9. The Morgan fingerprint density at radius 2 is 1.41 bits per heavy atom. The minimum atomic E-state index is 0.00711. The van der Waals surface area contributed by atoms with Crippen LogP contribution in [0.3, 0.4) is 0 Å². The molecule has 1 N–H and O–H groups in total. The number of amides is 2. The summed E-state index contributed by atoms with van der Waals surface area (Å²) >= 11 is 0. The molecule has 0 aromatic heterocycles. The van der Waals surface area contributed by atoms with Crippen LogP contribution >= 0.6 is 0 Å². The highest BCUT2D eigenvalue weighted by atomic mass is 16.2. The molecule has 4 aromatic carbocycles. The highest BCUT2D eigenvalue weighted by Gasteiger charge is 2.20. The average molecular weight is 489 g/mol. The molecule has 5 rings (SSSR count). The van der Waals surface area contributed by atoms with Crippen LogP contribution in [0.25, 0.3) is 11.1 Å². The third-order valence-electron chi connectivity index (χ3n) is 7.10. The summed E-state index contributed by atoms with van der Waals surface area (Å²) < 4.78 is 0. The molecule has 1 aliphatic heterocycles. The fourth-order valence-corrected chi connectivity index (χ4v) is 5.09. The molecule has 1 aliphatic rings. The molecule has 0 unspecified atom stereocenters. The van der Waals surface area contributed by atoms with E-state index < -0.39 is 0 Å². The summed E-state index contributed by atoms with van der Waals surface area (Å²) in [6, 6.07) is 37.0. The van der Waals surface area contributed by atoms with Gasteiger partial charge < -0.3 is 10.2 Å². The van der Waals surface area contributed by atoms with Crippen molar-refractivity contribution in [3.63, 3.8) is 0 Å². The van der Waals surface area contributed by atoms with Crippen LogP contribution in [0.2, 0.25) is 0 Å². The van der Waals surface area contributed by atoms with Gasteiger partial charge in [0.25, 0.3) is 0 Å². The molecule has 37 heavy (non-hydrogen) atoms. The summed E-state index contributed by atoms with van der Waals surface area (Å²) in [4.78, 5) is 27.0. The molecular formula is C33H32N2O2. The zero-order valence-electron chi connectivity index (χ0n) is 21.0. The van der Waals surface area contributed by atoms with Crippen molar-refractivity contribution >= 4 is 11.8 Å². The number of hydrogen-bond donors (Lipinski definition) is 1. The van der Waals surface area contributed by atoms with Crippen molar-refractivity contribution in [3.8, 4) is 11.1 Å². The molecule has 0 bridgehead atoms. The summed E-state index contributed by atoms with van der Waals surface area (Å²) in [6.07, 6.45) is 2.00. The Balaban J connectivity index is 1.26. The molecule has 4 nitrogen and oxygen atoms in total. The topological polar surface area (TPSA) is 49.4 Å². The molecule has 0 saturated carbocycles. The van der Waals surface area contributed by atoms with Gasteiger partial charge >= 0.3 is 0 Å². The van der Waals surface area contributed by atoms with Crippen LogP contribution in [0, 0.1) is 0 Å². The second kappa shape index (κ2) is 11.7. The van der Waals surface area contributed by atoms with Gasteiger partial charge in [-0.05, 0) is 39.8 Å². The summed E-state index contributed by atoms with van der Waals surface area (Å²) in [7, 11) is 0. The Bertz CT molecular complexity index is 1290. The molecule has 0 radical (unpaired) electrons. The third kappa shape index (κ3) is 6.15. The number of carbonyl (C=O) groups excluding carboxylic acids is 2. The number of likely N-dealkylation sites (tertiary alicyclic amines) is 1. The maximum atomic E-state index is 13.1. The largest absolute Gasteiger partial charge is 0.352 e. The number of nitrogens with one attached hydrogen (secondary N) is 1. The number of hydrogen-bond acceptors (Lipinski definition) is 2. The van der Waals surface area contributed by atoms with Crippen molar-refractivity contribution in [2.45, 2.75) is 38.3 Å². The van der Waals surface area contributed by atoms with Crippen molar-refractivity contribution in [2.75, 3.05) is 6.54 Å². The third-order valence-corrected chi connectivity index (χ3v) is 7.10. The fraction of sp³-hybridized carbons (Fsp3) is 0.212. The Labute approximate surface area is 219 Å². The lowest BCUT2D eigenvalue weighted by Gasteiger charge is -2.18. The molecule has 0 atom stereocenters. The minimum Gasteiger partial charge on any atom is -0.352 e. The SMILES string of the molecule is O=C(CC(c1ccccc1)c1ccccc1)NCc1ccccc1-c1ccc(CN2CCCC2=O)cc1. The van der Waals surface area contributed by atoms with E-state index >= 15 is 0 Å². The summed E-state index contributed by atoms with van der Waals surface area (Å²) in [5.41, 5.74) is 6.70. The second-order valence-electron chi connectivity index (χ2n) is 9.63. The van der Waals surface area contributed by atoms with Gasteiger partial charge in [0.15, 0.2) is 0 Å². The van der Waals surface area contributed by atoms with E-state index in [-0.39, 0.29) is 17.7 Å². The predicted octanol–water partition coefficient (Wildman–Crippen LogP) is 6.31. The average Bonchev–Trinajstić information content (AvgIpc) is 3.36. The van der Waals surface area contributed by atoms with Gasteiger partial charge in [-0.25, -0.2) is 0 Å². The van der Waals surface area contributed by atoms with E-state index in [2.05, 4.69) is 66.0 Å². The standard InChI is InChI=1S/C33H32N2O2/c36-32(22-31(26-10-3-1-4-11-26)27-12-5-2-6-13-27)34-23-29-14-7-8-15-30(29)28-19-17-25(18-20-28)24-35-21-9-16-33(35)37/h1-8,10-15,17-20,31H,9,16,21-24H2,(H,34,36). The van der Waals surface area contributed by atoms with Gasteiger partial charge in [0.2, 0.25) is 11.8 Å². The maximum Gasteiger partial charge on any atom is 0.222 e. The zero-order chi connectivity index (χ0) is 25.5. The van der Waals surface area contributed by atoms with E-state index in [1.807, 2.05) is 53.4 Å². The van der Waals surface area contributed by atoms with Crippen LogP contribution < -0.4 is 5.32 Å². The molecule has 1 fully saturated rings. The molecule has 4 aromatic rings. The van der Waals surface area contributed by atoms with E-state index in [1.54, 1.807) is 0 Å². The highest BCUT2D eigenvalue weighted by Crippen LogP contribution is 2.28. The predicted molar refractivity (Wildman–Crippen MR) is 148 cm³/mol. The van der Waals surface area contributed by atoms with Crippen molar-refractivity contribution in [1.82, 2.24) is 10.2 Å². The van der Waals surface area contributed by atoms with Gasteiger partial charge in [-0.3, -0.25) is 9.59 Å². The maximum absolute atomic E-state index is 13.1. The molecular weight excluding hydrogens is 456 g/mol. The van der Waals surface area contributed by atoms with Crippen LogP contribution in [-0.2, 0) is 22.7 Å². The van der Waals surface area contributed by atoms with E-state index in [0.717, 1.165) is 46.3 Å². The molecule has 1 heterocycles. The molecule has 2 amide bonds. The Hall–Kier alpha value is -4.18. The quantitative estimate of drug-likeness (QED) is 0.300. The number of nitrogens with zero attached hydrogens (tertiary/aromatic N) is 1. The molecule has 0 aliphatic carbocycles. The van der Waals surface area contributed by atoms with Crippen LogP contribution in [0.15, 0.2) is 109 Å². The fourth-order valence-electron chi connectivity index (χ4n) is 5.09. The van der Waals surface area contributed by atoms with Gasteiger partial charge in [-0.15, -0.1) is 0 Å². The summed E-state index contributed by atoms with van der Waals surface area (Å²) in [5.74, 6) is 0.276. The first-order valence-corrected chi connectivity index (χ1v) is 13.0. The zero-order valence-corrected chi connectivity index (χ0v) is 21.0. The van der Waals surface area contributed by atoms with E-state index in [4.69, 9.17) is 0 Å². The molecule has 4 heteroatoms. The summed E-state index contributed by atoms with van der Waals surface area (Å²) in [5, 5.41) is 3.16. The van der Waals surface area contributed by atoms with Crippen LogP contribution in [0.1, 0.15) is 47.4 Å². The second-order valence-corrected chi connectivity index (χ2v) is 9.63. The Morgan fingerprint density at radius 3 is 2.03 bits per heavy atom. The normalized spacial score (nSPS) is 13.2. The monoisotopic (exact) mass is 488 g/mol. The lowest BCUT2D eigenvalue weighted by atomic mass is 9.88. The minimum absolute atomic E-state index is 0.00711. The van der Waals surface area contributed by atoms with Crippen LogP contribution in [-0.4, -0.2) is 23.3 Å². The van der Waals surface area contributed by atoms with Crippen LogP contribution in [0.5, 0.6) is 0 Å². The van der Waals surface area contributed by atoms with Gasteiger partial charge in [0.1, 0.15) is 0 Å². The first kappa shape index (κ1) is 24.5. The Morgan fingerprint density at radius 1 is 0.784 bits per heavy atom. The lowest BCUT2D eigenvalue weighted by molar-refractivity contribution is -0.128. The van der Waals surface area contributed by atoms with Crippen molar-refractivity contribution < 1.29 is 9.59 Å². The van der Waals surface area contributed by atoms with Gasteiger partial charge in [-0.2, -0.15) is 0 Å². The van der Waals surface area contributed by atoms with E-state index in [1.165, 1.54) is 0 Å². The van der Waals surface area contributed by atoms with Crippen molar-refractivity contribution in [1.29, 1.82) is 0 Å². The number of benzene rings is 4.